The van der Waals surface area contributed by atoms with Gasteiger partial charge in [0.25, 0.3) is 0 Å². The summed E-state index contributed by atoms with van der Waals surface area (Å²) in [5.74, 6) is 0. The van der Waals surface area contributed by atoms with Crippen molar-refractivity contribution in [2.24, 2.45) is 0 Å². The molecule has 0 spiro atoms. The number of nitrogens with zero attached hydrogens (tertiary/aromatic N) is 2. The Morgan fingerprint density at radius 3 is 2.90 bits per heavy atom. The van der Waals surface area contributed by atoms with Gasteiger partial charge < -0.3 is 10.2 Å². The molecule has 1 aromatic carbocycles. The summed E-state index contributed by atoms with van der Waals surface area (Å²) in [5.41, 5.74) is 2.45. The van der Waals surface area contributed by atoms with Crippen LogP contribution >= 0.6 is 11.6 Å². The summed E-state index contributed by atoms with van der Waals surface area (Å²) < 4.78 is 0. The highest BCUT2D eigenvalue weighted by molar-refractivity contribution is 6.31. The van der Waals surface area contributed by atoms with Crippen LogP contribution in [0.3, 0.4) is 0 Å². The summed E-state index contributed by atoms with van der Waals surface area (Å²) in [7, 11) is 1.95. The van der Waals surface area contributed by atoms with Gasteiger partial charge in [-0.15, -0.1) is 0 Å². The molecule has 0 aliphatic carbocycles. The Morgan fingerprint density at radius 1 is 1.29 bits per heavy atom. The van der Waals surface area contributed by atoms with Crippen molar-refractivity contribution < 1.29 is 0 Å². The third-order valence-corrected chi connectivity index (χ3v) is 5.27. The van der Waals surface area contributed by atoms with Crippen LogP contribution in [0, 0.1) is 0 Å². The van der Waals surface area contributed by atoms with Gasteiger partial charge in [0.2, 0.25) is 0 Å². The minimum absolute atomic E-state index is 0.561. The lowest BCUT2D eigenvalue weighted by Gasteiger charge is -2.48. The third kappa shape index (κ3) is 3.20. The smallest absolute Gasteiger partial charge is 0.0471 e. The second-order valence-electron chi connectivity index (χ2n) is 6.45. The van der Waals surface area contributed by atoms with Crippen LogP contribution in [-0.4, -0.2) is 43.7 Å². The molecule has 116 valence electrons. The van der Waals surface area contributed by atoms with Gasteiger partial charge in [0.05, 0.1) is 0 Å². The van der Waals surface area contributed by atoms with Crippen molar-refractivity contribution in [1.82, 2.24) is 10.2 Å². The fraction of sp³-hybridized carbons (Fsp3) is 0.647. The van der Waals surface area contributed by atoms with Gasteiger partial charge in [-0.05, 0) is 51.1 Å². The van der Waals surface area contributed by atoms with Crippen LogP contribution in [0.15, 0.2) is 18.2 Å². The van der Waals surface area contributed by atoms with Crippen molar-refractivity contribution in [2.75, 3.05) is 31.6 Å². The van der Waals surface area contributed by atoms with Crippen LogP contribution in [0.1, 0.15) is 31.7 Å². The fourth-order valence-electron chi connectivity index (χ4n) is 3.76. The van der Waals surface area contributed by atoms with E-state index in [-0.39, 0.29) is 0 Å². The molecule has 2 aliphatic heterocycles. The minimum atomic E-state index is 0.561. The number of anilines is 1. The topological polar surface area (TPSA) is 18.5 Å². The van der Waals surface area contributed by atoms with Crippen molar-refractivity contribution in [3.05, 3.63) is 28.8 Å². The summed E-state index contributed by atoms with van der Waals surface area (Å²) in [4.78, 5) is 5.23. The molecule has 21 heavy (non-hydrogen) atoms. The molecule has 2 heterocycles. The second-order valence-corrected chi connectivity index (χ2v) is 6.86. The van der Waals surface area contributed by atoms with E-state index >= 15 is 0 Å². The van der Waals surface area contributed by atoms with Crippen molar-refractivity contribution >= 4 is 17.3 Å². The lowest BCUT2D eigenvalue weighted by Crippen LogP contribution is -2.58. The average Bonchev–Trinajstić information content (AvgIpc) is 2.49. The molecule has 2 fully saturated rings. The lowest BCUT2D eigenvalue weighted by molar-refractivity contribution is 0.115. The lowest BCUT2D eigenvalue weighted by atomic mass is 9.96. The van der Waals surface area contributed by atoms with E-state index < -0.39 is 0 Å². The fourth-order valence-corrected chi connectivity index (χ4v) is 4.00. The first-order valence-corrected chi connectivity index (χ1v) is 8.50. The Hall–Kier alpha value is -0.770. The number of benzene rings is 1. The first kappa shape index (κ1) is 15.1. The minimum Gasteiger partial charge on any atom is -0.366 e. The van der Waals surface area contributed by atoms with Crippen molar-refractivity contribution in [3.63, 3.8) is 0 Å². The molecule has 0 saturated carbocycles. The summed E-state index contributed by atoms with van der Waals surface area (Å²) in [6, 6.07) is 7.82. The predicted molar refractivity (Wildman–Crippen MR) is 90.2 cm³/mol. The molecule has 0 radical (unpaired) electrons. The highest BCUT2D eigenvalue weighted by Crippen LogP contribution is 2.30. The molecule has 4 heteroatoms. The molecular weight excluding hydrogens is 282 g/mol. The highest BCUT2D eigenvalue weighted by Gasteiger charge is 2.33. The maximum absolute atomic E-state index is 6.44. The molecule has 0 bridgehead atoms. The monoisotopic (exact) mass is 307 g/mol. The van der Waals surface area contributed by atoms with E-state index in [2.05, 4.69) is 40.2 Å². The van der Waals surface area contributed by atoms with Gasteiger partial charge in [0.1, 0.15) is 0 Å². The van der Waals surface area contributed by atoms with E-state index in [9.17, 15) is 0 Å². The zero-order valence-electron chi connectivity index (χ0n) is 13.1. The largest absolute Gasteiger partial charge is 0.366 e. The Labute approximate surface area is 133 Å². The molecule has 2 saturated heterocycles. The van der Waals surface area contributed by atoms with Gasteiger partial charge in [0, 0.05) is 42.4 Å². The third-order valence-electron chi connectivity index (χ3n) is 4.92. The van der Waals surface area contributed by atoms with Crippen LogP contribution in [0.25, 0.3) is 0 Å². The maximum atomic E-state index is 6.44. The van der Waals surface area contributed by atoms with E-state index in [1.807, 2.05) is 7.05 Å². The number of piperazine rings is 1. The van der Waals surface area contributed by atoms with E-state index in [1.165, 1.54) is 43.6 Å². The number of halogens is 1. The summed E-state index contributed by atoms with van der Waals surface area (Å²) in [6.07, 6.45) is 4.09. The number of rotatable bonds is 3. The molecule has 1 N–H and O–H groups in total. The molecule has 2 aliphatic rings. The number of nitrogens with one attached hydrogen (secondary N) is 1. The van der Waals surface area contributed by atoms with Crippen molar-refractivity contribution in [2.45, 2.75) is 44.8 Å². The SMILES string of the molecule is CNCc1ccc(N2CC3CCCCN3CC2C)cc1Cl. The average molecular weight is 308 g/mol. The molecule has 0 aromatic heterocycles. The van der Waals surface area contributed by atoms with E-state index in [0.29, 0.717) is 6.04 Å². The summed E-state index contributed by atoms with van der Waals surface area (Å²) >= 11 is 6.44. The van der Waals surface area contributed by atoms with Crippen LogP contribution in [0.5, 0.6) is 0 Å². The molecule has 2 atom stereocenters. The standard InChI is InChI=1S/C17H26ClN3/c1-13-11-20-8-4-3-5-16(20)12-21(13)15-7-6-14(10-19-2)17(18)9-15/h6-7,9,13,16,19H,3-5,8,10-12H2,1-2H3. The zero-order valence-corrected chi connectivity index (χ0v) is 13.9. The van der Waals surface area contributed by atoms with Gasteiger partial charge in [-0.1, -0.05) is 24.1 Å². The summed E-state index contributed by atoms with van der Waals surface area (Å²) in [6.45, 7) is 6.76. The van der Waals surface area contributed by atoms with E-state index in [1.54, 1.807) is 0 Å². The first-order chi connectivity index (χ1) is 10.2. The van der Waals surface area contributed by atoms with Crippen LogP contribution < -0.4 is 10.2 Å². The van der Waals surface area contributed by atoms with Gasteiger partial charge in [-0.25, -0.2) is 0 Å². The zero-order chi connectivity index (χ0) is 14.8. The molecule has 2 unspecified atom stereocenters. The Kier molecular flexibility index (Phi) is 4.72. The quantitative estimate of drug-likeness (QED) is 0.925. The summed E-state index contributed by atoms with van der Waals surface area (Å²) in [5, 5.41) is 4.04. The van der Waals surface area contributed by atoms with Gasteiger partial charge in [-0.3, -0.25) is 4.90 Å². The normalized spacial score (nSPS) is 26.7. The van der Waals surface area contributed by atoms with Gasteiger partial charge >= 0.3 is 0 Å². The van der Waals surface area contributed by atoms with Crippen molar-refractivity contribution in [3.8, 4) is 0 Å². The number of fused-ring (bicyclic) bond motifs is 1. The second kappa shape index (κ2) is 6.55. The van der Waals surface area contributed by atoms with Crippen LogP contribution in [0.2, 0.25) is 5.02 Å². The molecule has 3 rings (SSSR count). The van der Waals surface area contributed by atoms with Crippen molar-refractivity contribution in [1.29, 1.82) is 0 Å². The van der Waals surface area contributed by atoms with Crippen LogP contribution in [-0.2, 0) is 6.54 Å². The first-order valence-electron chi connectivity index (χ1n) is 8.12. The Bertz CT molecular complexity index is 491. The maximum Gasteiger partial charge on any atom is 0.0471 e. The molecule has 0 amide bonds. The highest BCUT2D eigenvalue weighted by atomic mass is 35.5. The van der Waals surface area contributed by atoms with Crippen LogP contribution in [0.4, 0.5) is 5.69 Å². The molecular formula is C17H26ClN3. The Balaban J connectivity index is 1.77. The number of piperidine rings is 1. The van der Waals surface area contributed by atoms with Gasteiger partial charge in [0.15, 0.2) is 0 Å². The van der Waals surface area contributed by atoms with E-state index in [4.69, 9.17) is 11.6 Å². The number of hydrogen-bond acceptors (Lipinski definition) is 3. The predicted octanol–water partition coefficient (Wildman–Crippen LogP) is 3.12. The Morgan fingerprint density at radius 2 is 2.14 bits per heavy atom. The molecule has 3 nitrogen and oxygen atoms in total. The van der Waals surface area contributed by atoms with E-state index in [0.717, 1.165) is 24.2 Å². The van der Waals surface area contributed by atoms with Gasteiger partial charge in [-0.2, -0.15) is 0 Å². The number of hydrogen-bond donors (Lipinski definition) is 1. The molecule has 1 aromatic rings.